The van der Waals surface area contributed by atoms with Gasteiger partial charge in [0.05, 0.1) is 12.7 Å². The summed E-state index contributed by atoms with van der Waals surface area (Å²) in [5.74, 6) is 0.295. The number of fused-ring (bicyclic) bond motifs is 1. The van der Waals surface area contributed by atoms with Crippen LogP contribution in [0.5, 0.6) is 23.0 Å². The maximum absolute atomic E-state index is 13.0. The molecule has 6 nitrogen and oxygen atoms in total. The van der Waals surface area contributed by atoms with Crippen molar-refractivity contribution >= 4 is 5.78 Å². The van der Waals surface area contributed by atoms with E-state index in [1.54, 1.807) is 12.1 Å². The predicted octanol–water partition coefficient (Wildman–Crippen LogP) is 2.22. The molecule has 1 heterocycles. The van der Waals surface area contributed by atoms with Gasteiger partial charge in [-0.25, -0.2) is 0 Å². The molecule has 1 unspecified atom stereocenters. The summed E-state index contributed by atoms with van der Waals surface area (Å²) in [7, 11) is 2.87. The minimum absolute atomic E-state index is 0.00811. The van der Waals surface area contributed by atoms with Crippen LogP contribution in [0.3, 0.4) is 0 Å². The van der Waals surface area contributed by atoms with Gasteiger partial charge in [0.25, 0.3) is 0 Å². The highest BCUT2D eigenvalue weighted by atomic mass is 16.5. The highest BCUT2D eigenvalue weighted by Gasteiger charge is 2.48. The predicted molar refractivity (Wildman–Crippen MR) is 81.3 cm³/mol. The van der Waals surface area contributed by atoms with Crippen LogP contribution in [0.1, 0.15) is 15.9 Å². The van der Waals surface area contributed by atoms with Crippen molar-refractivity contribution in [3.63, 3.8) is 0 Å². The number of rotatable bonds is 3. The molecular weight excluding hydrogens is 300 g/mol. The lowest BCUT2D eigenvalue weighted by Crippen LogP contribution is -2.46. The van der Waals surface area contributed by atoms with Crippen molar-refractivity contribution in [3.05, 3.63) is 47.5 Å². The molecule has 0 bridgehead atoms. The third-order valence-electron chi connectivity index (χ3n) is 4.00. The Hall–Kier alpha value is -2.73. The standard InChI is InChI=1S/C17H16O6/c1-21-11-4-6-13(14(19)8-11)17(22-2)9-23-15-7-10(18)3-5-12(15)16(17)20/h3-8,18-19H,9H2,1-2H3. The maximum Gasteiger partial charge on any atom is 0.206 e. The highest BCUT2D eigenvalue weighted by molar-refractivity contribution is 6.06. The van der Waals surface area contributed by atoms with Gasteiger partial charge in [-0.1, -0.05) is 0 Å². The summed E-state index contributed by atoms with van der Waals surface area (Å²) in [6.07, 6.45) is 0. The minimum atomic E-state index is -1.46. The Kier molecular flexibility index (Phi) is 3.61. The Bertz CT molecular complexity index is 770. The second kappa shape index (κ2) is 5.48. The van der Waals surface area contributed by atoms with E-state index in [1.165, 1.54) is 38.5 Å². The first-order valence-electron chi connectivity index (χ1n) is 6.95. The monoisotopic (exact) mass is 316 g/mol. The highest BCUT2D eigenvalue weighted by Crippen LogP contribution is 2.42. The molecule has 0 radical (unpaired) electrons. The number of carbonyl (C=O) groups is 1. The number of phenols is 2. The van der Waals surface area contributed by atoms with E-state index in [9.17, 15) is 15.0 Å². The van der Waals surface area contributed by atoms with E-state index in [2.05, 4.69) is 0 Å². The fourth-order valence-corrected chi connectivity index (χ4v) is 2.72. The maximum atomic E-state index is 13.0. The lowest BCUT2D eigenvalue weighted by molar-refractivity contribution is -0.0357. The lowest BCUT2D eigenvalue weighted by atomic mass is 9.83. The summed E-state index contributed by atoms with van der Waals surface area (Å²) in [5, 5.41) is 19.8. The number of aromatic hydroxyl groups is 2. The van der Waals surface area contributed by atoms with E-state index in [-0.39, 0.29) is 35.2 Å². The topological polar surface area (TPSA) is 85.2 Å². The quantitative estimate of drug-likeness (QED) is 0.903. The van der Waals surface area contributed by atoms with Crippen LogP contribution in [-0.2, 0) is 10.3 Å². The smallest absolute Gasteiger partial charge is 0.206 e. The average molecular weight is 316 g/mol. The molecule has 0 aromatic heterocycles. The zero-order valence-corrected chi connectivity index (χ0v) is 12.7. The van der Waals surface area contributed by atoms with Crippen molar-refractivity contribution in [2.24, 2.45) is 0 Å². The Morgan fingerprint density at radius 1 is 1.13 bits per heavy atom. The number of ether oxygens (including phenoxy) is 3. The molecule has 0 saturated heterocycles. The van der Waals surface area contributed by atoms with Gasteiger partial charge in [0.15, 0.2) is 5.60 Å². The molecule has 2 N–H and O–H groups in total. The fourth-order valence-electron chi connectivity index (χ4n) is 2.72. The van der Waals surface area contributed by atoms with E-state index in [0.717, 1.165) is 0 Å². The number of methoxy groups -OCH3 is 2. The van der Waals surface area contributed by atoms with Crippen molar-refractivity contribution in [1.29, 1.82) is 0 Å². The molecule has 0 spiro atoms. The van der Waals surface area contributed by atoms with Crippen LogP contribution in [0.15, 0.2) is 36.4 Å². The van der Waals surface area contributed by atoms with Crippen LogP contribution in [0.4, 0.5) is 0 Å². The molecule has 23 heavy (non-hydrogen) atoms. The molecule has 120 valence electrons. The number of carbonyl (C=O) groups excluding carboxylic acids is 1. The third kappa shape index (κ3) is 2.27. The molecule has 3 rings (SSSR count). The third-order valence-corrected chi connectivity index (χ3v) is 4.00. The molecule has 2 aromatic carbocycles. The molecule has 0 amide bonds. The Balaban J connectivity index is 2.12. The summed E-state index contributed by atoms with van der Waals surface area (Å²) in [4.78, 5) is 13.0. The normalized spacial score (nSPS) is 19.8. The van der Waals surface area contributed by atoms with Crippen molar-refractivity contribution in [2.75, 3.05) is 20.8 Å². The lowest BCUT2D eigenvalue weighted by Gasteiger charge is -2.35. The summed E-state index contributed by atoms with van der Waals surface area (Å²) >= 11 is 0. The van der Waals surface area contributed by atoms with Gasteiger partial charge in [0, 0.05) is 24.8 Å². The summed E-state index contributed by atoms with van der Waals surface area (Å²) in [5.41, 5.74) is -0.879. The van der Waals surface area contributed by atoms with Crippen molar-refractivity contribution in [3.8, 4) is 23.0 Å². The number of phenolic OH excluding ortho intramolecular Hbond substituents is 2. The van der Waals surface area contributed by atoms with E-state index in [0.29, 0.717) is 11.3 Å². The van der Waals surface area contributed by atoms with Crippen LogP contribution in [0.25, 0.3) is 0 Å². The van der Waals surface area contributed by atoms with Gasteiger partial charge < -0.3 is 24.4 Å². The number of benzene rings is 2. The minimum Gasteiger partial charge on any atom is -0.508 e. The van der Waals surface area contributed by atoms with Gasteiger partial charge in [-0.15, -0.1) is 0 Å². The fraction of sp³-hybridized carbons (Fsp3) is 0.235. The van der Waals surface area contributed by atoms with E-state index in [4.69, 9.17) is 14.2 Å². The van der Waals surface area contributed by atoms with Crippen LogP contribution in [0, 0.1) is 0 Å². The Labute approximate surface area is 132 Å². The number of hydrogen-bond acceptors (Lipinski definition) is 6. The Morgan fingerprint density at radius 3 is 2.57 bits per heavy atom. The molecule has 1 atom stereocenters. The van der Waals surface area contributed by atoms with Gasteiger partial charge in [0.1, 0.15) is 29.6 Å². The van der Waals surface area contributed by atoms with Crippen molar-refractivity contribution in [1.82, 2.24) is 0 Å². The molecule has 1 aliphatic heterocycles. The van der Waals surface area contributed by atoms with Gasteiger partial charge in [0.2, 0.25) is 5.78 Å². The van der Waals surface area contributed by atoms with Gasteiger partial charge >= 0.3 is 0 Å². The molecule has 6 heteroatoms. The average Bonchev–Trinajstić information content (AvgIpc) is 2.56. The molecular formula is C17H16O6. The first kappa shape index (κ1) is 15.2. The molecule has 0 saturated carbocycles. The second-order valence-corrected chi connectivity index (χ2v) is 5.21. The van der Waals surface area contributed by atoms with Crippen LogP contribution in [-0.4, -0.2) is 36.8 Å². The van der Waals surface area contributed by atoms with Crippen molar-refractivity contribution in [2.45, 2.75) is 5.60 Å². The van der Waals surface area contributed by atoms with E-state index >= 15 is 0 Å². The van der Waals surface area contributed by atoms with E-state index in [1.807, 2.05) is 0 Å². The van der Waals surface area contributed by atoms with E-state index < -0.39 is 5.60 Å². The summed E-state index contributed by atoms with van der Waals surface area (Å²) < 4.78 is 16.1. The first-order chi connectivity index (χ1) is 11.0. The number of ketones is 1. The molecule has 0 fully saturated rings. The van der Waals surface area contributed by atoms with Crippen LogP contribution in [0.2, 0.25) is 0 Å². The summed E-state index contributed by atoms with van der Waals surface area (Å²) in [6.45, 7) is -0.112. The first-order valence-corrected chi connectivity index (χ1v) is 6.95. The zero-order chi connectivity index (χ0) is 16.6. The van der Waals surface area contributed by atoms with Crippen LogP contribution < -0.4 is 9.47 Å². The largest absolute Gasteiger partial charge is 0.508 e. The molecule has 0 aliphatic carbocycles. The van der Waals surface area contributed by atoms with Crippen molar-refractivity contribution < 1.29 is 29.2 Å². The van der Waals surface area contributed by atoms with Gasteiger partial charge in [-0.2, -0.15) is 0 Å². The number of Topliss-reactive ketones (excluding diaryl/α,β-unsaturated/α-hetero) is 1. The zero-order valence-electron chi connectivity index (χ0n) is 12.7. The molecule has 1 aliphatic rings. The van der Waals surface area contributed by atoms with Crippen LogP contribution >= 0.6 is 0 Å². The summed E-state index contributed by atoms with van der Waals surface area (Å²) in [6, 6.07) is 8.87. The Morgan fingerprint density at radius 2 is 1.91 bits per heavy atom. The number of hydrogen-bond donors (Lipinski definition) is 2. The second-order valence-electron chi connectivity index (χ2n) is 5.21. The van der Waals surface area contributed by atoms with Gasteiger partial charge in [-0.05, 0) is 24.3 Å². The SMILES string of the molecule is COc1ccc(C2(OC)COc3cc(O)ccc3C2=O)c(O)c1. The van der Waals surface area contributed by atoms with Gasteiger partial charge in [-0.3, -0.25) is 4.79 Å². The molecule has 2 aromatic rings.